The van der Waals surface area contributed by atoms with Gasteiger partial charge in [-0.1, -0.05) is 6.07 Å². The zero-order chi connectivity index (χ0) is 25.6. The first-order valence-electron chi connectivity index (χ1n) is 10.0. The molecule has 0 unspecified atom stereocenters. The number of benzene rings is 2. The van der Waals surface area contributed by atoms with Gasteiger partial charge in [0.2, 0.25) is 0 Å². The first kappa shape index (κ1) is 24.5. The number of alkyl halides is 6. The van der Waals surface area contributed by atoms with E-state index in [9.17, 15) is 36.6 Å². The molecule has 0 aliphatic heterocycles. The summed E-state index contributed by atoms with van der Waals surface area (Å²) < 4.78 is 88.0. The van der Waals surface area contributed by atoms with Crippen LogP contribution in [0.5, 0.6) is 5.75 Å². The van der Waals surface area contributed by atoms with Gasteiger partial charge in [-0.25, -0.2) is 0 Å². The fraction of sp³-hybridized carbons (Fsp3) is 0.217. The molecule has 184 valence electrons. The number of pyridine rings is 2. The maximum Gasteiger partial charge on any atom is 0.447 e. The smallest absolute Gasteiger partial charge is 0.447 e. The lowest BCUT2D eigenvalue weighted by Crippen LogP contribution is -2.42. The highest BCUT2D eigenvalue weighted by Gasteiger charge is 2.55. The Hall–Kier alpha value is -3.64. The van der Waals surface area contributed by atoms with Gasteiger partial charge in [0.05, 0.1) is 23.7 Å². The largest absolute Gasteiger partial charge is 0.497 e. The van der Waals surface area contributed by atoms with Gasteiger partial charge in [-0.3, -0.25) is 9.97 Å². The van der Waals surface area contributed by atoms with Crippen LogP contribution in [0.1, 0.15) is 16.7 Å². The summed E-state index contributed by atoms with van der Waals surface area (Å²) in [6.45, 7) is -0.373. The van der Waals surface area contributed by atoms with E-state index in [2.05, 4.69) is 15.3 Å². The predicted octanol–water partition coefficient (Wildman–Crippen LogP) is 5.12. The second kappa shape index (κ2) is 8.54. The van der Waals surface area contributed by atoms with E-state index in [1.165, 1.54) is 13.2 Å². The molecule has 0 spiro atoms. The second-order valence-corrected chi connectivity index (χ2v) is 7.63. The Bertz CT molecular complexity index is 1390. The third kappa shape index (κ3) is 4.42. The van der Waals surface area contributed by atoms with Crippen molar-refractivity contribution < 1.29 is 41.3 Å². The molecule has 4 aromatic rings. The highest BCUT2D eigenvalue weighted by Crippen LogP contribution is 2.44. The lowest BCUT2D eigenvalue weighted by Gasteiger charge is -2.27. The molecule has 0 saturated carbocycles. The van der Waals surface area contributed by atoms with Crippen LogP contribution in [0, 0.1) is 0 Å². The van der Waals surface area contributed by atoms with Crippen molar-refractivity contribution in [3.63, 3.8) is 0 Å². The van der Waals surface area contributed by atoms with Crippen molar-refractivity contribution >= 4 is 27.5 Å². The average Bonchev–Trinajstić information content (AvgIpc) is 2.80. The maximum atomic E-state index is 14.2. The number of aromatic nitrogens is 2. The minimum atomic E-state index is -5.59. The molecular weight excluding hydrogens is 480 g/mol. The molecule has 0 atom stereocenters. The van der Waals surface area contributed by atoms with Crippen molar-refractivity contribution in [2.75, 3.05) is 12.4 Å². The molecule has 12 heteroatoms. The quantitative estimate of drug-likeness (QED) is 0.202. The third-order valence-electron chi connectivity index (χ3n) is 5.43. The van der Waals surface area contributed by atoms with Crippen molar-refractivity contribution in [3.05, 3.63) is 71.5 Å². The van der Waals surface area contributed by atoms with Crippen molar-refractivity contribution in [2.24, 2.45) is 0 Å². The Morgan fingerprint density at radius 1 is 0.914 bits per heavy atom. The van der Waals surface area contributed by atoms with Gasteiger partial charge in [-0.15, -0.1) is 0 Å². The molecule has 6 nitrogen and oxygen atoms in total. The van der Waals surface area contributed by atoms with E-state index in [1.54, 1.807) is 24.3 Å². The van der Waals surface area contributed by atoms with Crippen molar-refractivity contribution in [2.45, 2.75) is 24.7 Å². The molecule has 0 fully saturated rings. The van der Waals surface area contributed by atoms with Crippen LogP contribution in [0.2, 0.25) is 0 Å². The summed E-state index contributed by atoms with van der Waals surface area (Å²) in [5.74, 6) is -3.89. The van der Waals surface area contributed by atoms with E-state index in [0.29, 0.717) is 17.5 Å². The zero-order valence-corrected chi connectivity index (χ0v) is 17.9. The molecule has 2 heterocycles. The van der Waals surface area contributed by atoms with Gasteiger partial charge in [-0.2, -0.15) is 26.3 Å². The number of methoxy groups -OCH3 is 1. The minimum Gasteiger partial charge on any atom is -0.497 e. The first-order valence-corrected chi connectivity index (χ1v) is 10.0. The lowest BCUT2D eigenvalue weighted by atomic mass is 9.93. The number of fused-ring (bicyclic) bond motifs is 3. The number of nitrogens with zero attached hydrogens (tertiary/aromatic N) is 2. The van der Waals surface area contributed by atoms with E-state index >= 15 is 0 Å². The van der Waals surface area contributed by atoms with E-state index in [-0.39, 0.29) is 23.1 Å². The van der Waals surface area contributed by atoms with Crippen LogP contribution in [0.3, 0.4) is 0 Å². The summed E-state index contributed by atoms with van der Waals surface area (Å²) in [7, 11) is 1.46. The molecule has 4 rings (SSSR count). The predicted molar refractivity (Wildman–Crippen MR) is 115 cm³/mol. The average molecular weight is 497 g/mol. The maximum absolute atomic E-state index is 14.2. The molecule has 0 saturated heterocycles. The van der Waals surface area contributed by atoms with Crippen LogP contribution in [-0.4, -0.2) is 33.5 Å². The summed E-state index contributed by atoms with van der Waals surface area (Å²) in [5, 5.41) is 21.5. The summed E-state index contributed by atoms with van der Waals surface area (Å²) >= 11 is 0. The topological polar surface area (TPSA) is 87.5 Å². The molecule has 2 aromatic carbocycles. The summed E-state index contributed by atoms with van der Waals surface area (Å²) in [5.41, 5.74) is -3.03. The van der Waals surface area contributed by atoms with Gasteiger partial charge in [-0.05, 0) is 36.4 Å². The van der Waals surface area contributed by atoms with Crippen LogP contribution in [0.25, 0.3) is 21.8 Å². The minimum absolute atomic E-state index is 0.331. The number of ether oxygens (including phenoxy) is 1. The van der Waals surface area contributed by atoms with Crippen LogP contribution < -0.4 is 10.1 Å². The Balaban J connectivity index is 1.94. The number of halogens is 6. The molecule has 0 amide bonds. The Morgan fingerprint density at radius 3 is 2.17 bits per heavy atom. The van der Waals surface area contributed by atoms with Gasteiger partial charge in [0.1, 0.15) is 5.75 Å². The van der Waals surface area contributed by atoms with Gasteiger partial charge in [0, 0.05) is 46.5 Å². The van der Waals surface area contributed by atoms with Gasteiger partial charge in [0.25, 0.3) is 5.79 Å². The molecular formula is C23H17F6N3O3. The Morgan fingerprint density at radius 2 is 1.57 bits per heavy atom. The van der Waals surface area contributed by atoms with Crippen LogP contribution in [-0.2, 0) is 18.5 Å². The summed E-state index contributed by atoms with van der Waals surface area (Å²) in [4.78, 5) is 7.92. The Kier molecular flexibility index (Phi) is 5.97. The number of nitrogens with one attached hydrogen (secondary N) is 1. The Labute approximate surface area is 193 Å². The van der Waals surface area contributed by atoms with E-state index in [1.807, 2.05) is 0 Å². The SMILES string of the molecule is COc1ccc(NCc2cnc3c(cc(C(O)(O)C(F)(F)F)c4cccnc43)c2C(F)(F)F)cc1. The molecule has 0 bridgehead atoms. The van der Waals surface area contributed by atoms with E-state index < -0.39 is 40.0 Å². The van der Waals surface area contributed by atoms with Crippen LogP contribution in [0.15, 0.2) is 54.9 Å². The van der Waals surface area contributed by atoms with Crippen molar-refractivity contribution in [1.29, 1.82) is 0 Å². The number of aliphatic hydroxyl groups is 2. The second-order valence-electron chi connectivity index (χ2n) is 7.63. The standard InChI is InChI=1S/C23H17F6N3O3/c1-35-14-6-4-13(5-7-14)31-10-12-11-32-20-16(18(12)22(24,25)26)9-17(21(33,34)23(27,28)29)15-3-2-8-30-19(15)20/h2-9,11,31,33-34H,10H2,1H3. The van der Waals surface area contributed by atoms with E-state index in [0.717, 1.165) is 18.5 Å². The monoisotopic (exact) mass is 497 g/mol. The van der Waals surface area contributed by atoms with Crippen molar-refractivity contribution in [3.8, 4) is 5.75 Å². The highest BCUT2D eigenvalue weighted by molar-refractivity contribution is 6.06. The fourth-order valence-corrected chi connectivity index (χ4v) is 3.75. The molecule has 35 heavy (non-hydrogen) atoms. The van der Waals surface area contributed by atoms with Gasteiger partial charge in [0.15, 0.2) is 0 Å². The first-order chi connectivity index (χ1) is 16.3. The van der Waals surface area contributed by atoms with Crippen LogP contribution in [0.4, 0.5) is 32.0 Å². The van der Waals surface area contributed by atoms with E-state index in [4.69, 9.17) is 4.74 Å². The van der Waals surface area contributed by atoms with Crippen molar-refractivity contribution in [1.82, 2.24) is 9.97 Å². The molecule has 0 radical (unpaired) electrons. The third-order valence-corrected chi connectivity index (χ3v) is 5.43. The molecule has 3 N–H and O–H groups in total. The number of anilines is 1. The number of hydrogen-bond acceptors (Lipinski definition) is 6. The number of hydrogen-bond donors (Lipinski definition) is 3. The van der Waals surface area contributed by atoms with Gasteiger partial charge >= 0.3 is 12.4 Å². The normalized spacial score (nSPS) is 12.8. The lowest BCUT2D eigenvalue weighted by molar-refractivity contribution is -0.357. The zero-order valence-electron chi connectivity index (χ0n) is 17.9. The molecule has 0 aliphatic carbocycles. The number of rotatable bonds is 5. The highest BCUT2D eigenvalue weighted by atomic mass is 19.4. The summed E-state index contributed by atoms with van der Waals surface area (Å²) in [6, 6.07) is 9.11. The van der Waals surface area contributed by atoms with Crippen LogP contribution >= 0.6 is 0 Å². The molecule has 2 aromatic heterocycles. The fourth-order valence-electron chi connectivity index (χ4n) is 3.75. The molecule has 0 aliphatic rings. The summed E-state index contributed by atoms with van der Waals surface area (Å²) in [6.07, 6.45) is -8.49. The van der Waals surface area contributed by atoms with Gasteiger partial charge < -0.3 is 20.3 Å².